The Hall–Kier alpha value is -3.50. The van der Waals surface area contributed by atoms with Gasteiger partial charge in [-0.05, 0) is 28.8 Å². The number of hydrogen-bond donors (Lipinski definition) is 2. The van der Waals surface area contributed by atoms with E-state index in [2.05, 4.69) is 30.1 Å². The van der Waals surface area contributed by atoms with Crippen LogP contribution in [0.25, 0.3) is 0 Å². The second kappa shape index (κ2) is 11.3. The lowest BCUT2D eigenvalue weighted by molar-refractivity contribution is -0.192. The van der Waals surface area contributed by atoms with Gasteiger partial charge in [0.15, 0.2) is 0 Å². The molecule has 3 aromatic rings. The maximum Gasteiger partial charge on any atom is 0.490 e. The van der Waals surface area contributed by atoms with Crippen molar-refractivity contribution in [1.82, 2.24) is 0 Å². The lowest BCUT2D eigenvalue weighted by Gasteiger charge is -2.31. The number of nitrogens with two attached hydrogens (primary N) is 1. The molecule has 3 N–H and O–H groups in total. The van der Waals surface area contributed by atoms with Crippen LogP contribution in [-0.4, -0.2) is 30.3 Å². The van der Waals surface area contributed by atoms with Gasteiger partial charge in [-0.3, -0.25) is 4.79 Å². The summed E-state index contributed by atoms with van der Waals surface area (Å²) in [5, 5.41) is 7.12. The minimum absolute atomic E-state index is 0.224. The molecule has 0 spiro atoms. The summed E-state index contributed by atoms with van der Waals surface area (Å²) in [7, 11) is 2.05. The van der Waals surface area contributed by atoms with Crippen molar-refractivity contribution in [3.8, 4) is 0 Å². The molecule has 0 aromatic heterocycles. The number of aliphatic carboxylic acids is 1. The lowest BCUT2D eigenvalue weighted by Crippen LogP contribution is -2.21. The van der Waals surface area contributed by atoms with Gasteiger partial charge in [0.05, 0.1) is 17.8 Å². The number of carboxylic acid groups (broad SMARTS) is 1. The van der Waals surface area contributed by atoms with Gasteiger partial charge in [-0.15, -0.1) is 0 Å². The Labute approximate surface area is 204 Å². The third-order valence-electron chi connectivity index (χ3n) is 5.12. The summed E-state index contributed by atoms with van der Waals surface area (Å²) in [5.41, 5.74) is 11.3. The van der Waals surface area contributed by atoms with Gasteiger partial charge in [0, 0.05) is 23.4 Å². The number of anilines is 2. The van der Waals surface area contributed by atoms with E-state index in [1.54, 1.807) is 11.8 Å². The van der Waals surface area contributed by atoms with Gasteiger partial charge in [-0.2, -0.15) is 13.2 Å². The number of fused-ring (bicyclic) bond motifs is 2. The third kappa shape index (κ3) is 6.55. The molecular formula is C25H23F3N2O4S. The Balaban J connectivity index is 0.000000429. The van der Waals surface area contributed by atoms with Gasteiger partial charge in [-0.25, -0.2) is 4.79 Å². The van der Waals surface area contributed by atoms with Crippen LogP contribution in [0.15, 0.2) is 76.5 Å². The molecule has 35 heavy (non-hydrogen) atoms. The van der Waals surface area contributed by atoms with Crippen LogP contribution in [0.3, 0.4) is 0 Å². The highest BCUT2D eigenvalue weighted by molar-refractivity contribution is 7.99. The van der Waals surface area contributed by atoms with Gasteiger partial charge in [0.1, 0.15) is 6.61 Å². The molecule has 1 heterocycles. The van der Waals surface area contributed by atoms with E-state index in [4.69, 9.17) is 20.4 Å². The summed E-state index contributed by atoms with van der Waals surface area (Å²) in [5.74, 6) is -2.98. The number of benzene rings is 3. The first kappa shape index (κ1) is 26.1. The Morgan fingerprint density at radius 2 is 1.49 bits per heavy atom. The quantitative estimate of drug-likeness (QED) is 0.456. The molecule has 6 nitrogen and oxygen atoms in total. The Bertz CT molecular complexity index is 1200. The van der Waals surface area contributed by atoms with Gasteiger partial charge in [0.2, 0.25) is 0 Å². The first-order valence-electron chi connectivity index (χ1n) is 10.5. The van der Waals surface area contributed by atoms with Gasteiger partial charge in [0.25, 0.3) is 0 Å². The Morgan fingerprint density at radius 3 is 2.03 bits per heavy atom. The van der Waals surface area contributed by atoms with E-state index in [0.29, 0.717) is 13.2 Å². The molecule has 0 saturated heterocycles. The van der Waals surface area contributed by atoms with Crippen LogP contribution in [0.4, 0.5) is 24.5 Å². The predicted molar refractivity (Wildman–Crippen MR) is 127 cm³/mol. The molecule has 0 amide bonds. The zero-order chi connectivity index (χ0) is 25.6. The molecule has 0 atom stereocenters. The summed E-state index contributed by atoms with van der Waals surface area (Å²) in [4.78, 5) is 25.8. The highest BCUT2D eigenvalue weighted by atomic mass is 32.2. The smallest absolute Gasteiger partial charge is 0.475 e. The maximum absolute atomic E-state index is 12.5. The molecule has 0 bridgehead atoms. The fourth-order valence-electron chi connectivity index (χ4n) is 3.38. The molecular weight excluding hydrogens is 481 g/mol. The molecule has 1 aliphatic rings. The number of hydrogen-bond acceptors (Lipinski definition) is 6. The van der Waals surface area contributed by atoms with E-state index in [9.17, 15) is 18.0 Å². The van der Waals surface area contributed by atoms with Crippen molar-refractivity contribution in [2.75, 3.05) is 11.9 Å². The van der Waals surface area contributed by atoms with Crippen LogP contribution in [0.2, 0.25) is 0 Å². The fourth-order valence-corrected chi connectivity index (χ4v) is 4.76. The van der Waals surface area contributed by atoms with Crippen LogP contribution < -0.4 is 10.6 Å². The van der Waals surface area contributed by atoms with Crippen molar-refractivity contribution in [2.24, 2.45) is 5.73 Å². The highest BCUT2D eigenvalue weighted by Gasteiger charge is 2.38. The Kier molecular flexibility index (Phi) is 8.42. The van der Waals surface area contributed by atoms with E-state index >= 15 is 0 Å². The SMILES string of the molecule is CN1c2cccc(CN)c2Sc2c(CC(=O)OCc3ccccc3)cccc21.O=C(O)C(F)(F)F. The summed E-state index contributed by atoms with van der Waals surface area (Å²) >= 11 is 1.69. The van der Waals surface area contributed by atoms with Gasteiger partial charge in [-0.1, -0.05) is 66.4 Å². The summed E-state index contributed by atoms with van der Waals surface area (Å²) < 4.78 is 37.2. The lowest BCUT2D eigenvalue weighted by atomic mass is 10.1. The van der Waals surface area contributed by atoms with Crippen molar-refractivity contribution in [2.45, 2.75) is 35.5 Å². The number of carbonyl (C=O) groups is 2. The van der Waals surface area contributed by atoms with Crippen molar-refractivity contribution in [1.29, 1.82) is 0 Å². The first-order valence-corrected chi connectivity index (χ1v) is 11.3. The van der Waals surface area contributed by atoms with Crippen LogP contribution >= 0.6 is 11.8 Å². The summed E-state index contributed by atoms with van der Waals surface area (Å²) in [6, 6.07) is 22.0. The second-order valence-electron chi connectivity index (χ2n) is 7.52. The largest absolute Gasteiger partial charge is 0.490 e. The minimum atomic E-state index is -5.08. The van der Waals surface area contributed by atoms with Gasteiger partial charge < -0.3 is 20.5 Å². The van der Waals surface area contributed by atoms with Crippen LogP contribution in [0.1, 0.15) is 16.7 Å². The average Bonchev–Trinajstić information content (AvgIpc) is 2.83. The van der Waals surface area contributed by atoms with Crippen molar-refractivity contribution >= 4 is 35.1 Å². The van der Waals surface area contributed by atoms with E-state index < -0.39 is 12.1 Å². The molecule has 0 saturated carbocycles. The van der Waals surface area contributed by atoms with E-state index in [1.165, 1.54) is 0 Å². The van der Waals surface area contributed by atoms with Crippen molar-refractivity contribution in [3.05, 3.63) is 83.4 Å². The summed E-state index contributed by atoms with van der Waals surface area (Å²) in [6.07, 6.45) is -4.84. The fraction of sp³-hybridized carbons (Fsp3) is 0.200. The van der Waals surface area contributed by atoms with Crippen molar-refractivity contribution in [3.63, 3.8) is 0 Å². The molecule has 4 rings (SSSR count). The number of rotatable bonds is 5. The third-order valence-corrected chi connectivity index (χ3v) is 6.47. The minimum Gasteiger partial charge on any atom is -0.475 e. The molecule has 10 heteroatoms. The van der Waals surface area contributed by atoms with Gasteiger partial charge >= 0.3 is 18.1 Å². The summed E-state index contributed by atoms with van der Waals surface area (Å²) in [6.45, 7) is 0.780. The average molecular weight is 505 g/mol. The Morgan fingerprint density at radius 1 is 0.943 bits per heavy atom. The monoisotopic (exact) mass is 504 g/mol. The molecule has 0 radical (unpaired) electrons. The molecule has 1 aliphatic heterocycles. The number of halogens is 3. The molecule has 0 fully saturated rings. The predicted octanol–water partition coefficient (Wildman–Crippen LogP) is 5.30. The number of ether oxygens (including phenoxy) is 1. The maximum atomic E-state index is 12.5. The molecule has 3 aromatic carbocycles. The molecule has 0 aliphatic carbocycles. The highest BCUT2D eigenvalue weighted by Crippen LogP contribution is 2.50. The van der Waals surface area contributed by atoms with Crippen LogP contribution in [0, 0.1) is 0 Å². The number of esters is 1. The molecule has 184 valence electrons. The van der Waals surface area contributed by atoms with E-state index in [1.807, 2.05) is 48.5 Å². The number of alkyl halides is 3. The molecule has 0 unspecified atom stereocenters. The van der Waals surface area contributed by atoms with E-state index in [-0.39, 0.29) is 12.4 Å². The normalized spacial score (nSPS) is 12.1. The van der Waals surface area contributed by atoms with Crippen molar-refractivity contribution < 1.29 is 32.6 Å². The number of carboxylic acids is 1. The zero-order valence-electron chi connectivity index (χ0n) is 18.7. The van der Waals surface area contributed by atoms with Crippen LogP contribution in [-0.2, 0) is 33.9 Å². The second-order valence-corrected chi connectivity index (χ2v) is 8.54. The first-order chi connectivity index (χ1) is 16.6. The number of nitrogens with zero attached hydrogens (tertiary/aromatic N) is 1. The standard InChI is InChI=1S/C23H22N2O2S.C2HF3O2/c1-25-19-11-5-9-17(13-21(26)27-15-16-7-3-2-4-8-16)22(19)28-23-18(14-24)10-6-12-20(23)25;3-2(4,5)1(6)7/h2-12H,13-15,24H2,1H3;(H,6,7). The topological polar surface area (TPSA) is 92.9 Å². The number of carbonyl (C=O) groups excluding carboxylic acids is 1. The van der Waals surface area contributed by atoms with Crippen LogP contribution in [0.5, 0.6) is 0 Å². The van der Waals surface area contributed by atoms with E-state index in [0.717, 1.165) is 37.9 Å². The zero-order valence-corrected chi connectivity index (χ0v) is 19.5.